The number of ether oxygens (including phenoxy) is 1. The van der Waals surface area contributed by atoms with Crippen molar-refractivity contribution in [2.45, 2.75) is 38.8 Å². The van der Waals surface area contributed by atoms with Gasteiger partial charge in [-0.2, -0.15) is 0 Å². The fourth-order valence-electron chi connectivity index (χ4n) is 3.50. The Balaban J connectivity index is 1.86. The highest BCUT2D eigenvalue weighted by Crippen LogP contribution is 2.51. The first-order chi connectivity index (χ1) is 11.3. The highest BCUT2D eigenvalue weighted by Gasteiger charge is 2.66. The predicted octanol–water partition coefficient (Wildman–Crippen LogP) is 2.56. The summed E-state index contributed by atoms with van der Waals surface area (Å²) in [6.45, 7) is 6.03. The molecule has 1 fully saturated rings. The maximum absolute atomic E-state index is 12.6. The van der Waals surface area contributed by atoms with Crippen molar-refractivity contribution in [1.29, 1.82) is 0 Å². The molecule has 0 bridgehead atoms. The third kappa shape index (κ3) is 2.29. The Kier molecular flexibility index (Phi) is 3.87. The molecule has 2 atom stereocenters. The highest BCUT2D eigenvalue weighted by molar-refractivity contribution is 6.01. The van der Waals surface area contributed by atoms with E-state index < -0.39 is 16.9 Å². The van der Waals surface area contributed by atoms with Crippen LogP contribution in [0.25, 0.3) is 10.9 Å². The number of H-pyrrole nitrogens is 1. The van der Waals surface area contributed by atoms with Gasteiger partial charge in [0.05, 0.1) is 6.10 Å². The van der Waals surface area contributed by atoms with E-state index in [9.17, 15) is 14.7 Å². The van der Waals surface area contributed by atoms with Crippen molar-refractivity contribution in [2.75, 3.05) is 6.61 Å². The average Bonchev–Trinajstić information content (AvgIpc) is 3.00. The van der Waals surface area contributed by atoms with Gasteiger partial charge < -0.3 is 20.1 Å². The van der Waals surface area contributed by atoms with E-state index in [-0.39, 0.29) is 18.4 Å². The molecule has 6 heteroatoms. The minimum absolute atomic E-state index is 0.189. The van der Waals surface area contributed by atoms with Gasteiger partial charge in [-0.1, -0.05) is 13.8 Å². The molecule has 24 heavy (non-hydrogen) atoms. The maximum Gasteiger partial charge on any atom is 0.330 e. The normalized spacial score (nSPS) is 25.2. The SMILES string of the molecule is CCO[C@H]1C[C@@](NC(=O)c2ccc3[nH]ccc3c2)(C(=O)O)C1(C)C. The van der Waals surface area contributed by atoms with Crippen molar-refractivity contribution < 1.29 is 19.4 Å². The zero-order valence-corrected chi connectivity index (χ0v) is 14.1. The second-order valence-corrected chi connectivity index (χ2v) is 6.81. The fourth-order valence-corrected chi connectivity index (χ4v) is 3.50. The van der Waals surface area contributed by atoms with E-state index in [1.54, 1.807) is 18.3 Å². The van der Waals surface area contributed by atoms with Crippen molar-refractivity contribution in [3.05, 3.63) is 36.0 Å². The van der Waals surface area contributed by atoms with Crippen LogP contribution in [0.15, 0.2) is 30.5 Å². The Labute approximate surface area is 140 Å². The van der Waals surface area contributed by atoms with Gasteiger partial charge in [0.1, 0.15) is 5.54 Å². The molecule has 6 nitrogen and oxygen atoms in total. The molecule has 0 saturated heterocycles. The minimum Gasteiger partial charge on any atom is -0.479 e. The number of carboxylic acid groups (broad SMARTS) is 1. The lowest BCUT2D eigenvalue weighted by atomic mass is 9.54. The van der Waals surface area contributed by atoms with Crippen LogP contribution in [0, 0.1) is 5.41 Å². The van der Waals surface area contributed by atoms with Crippen molar-refractivity contribution in [3.63, 3.8) is 0 Å². The third-order valence-electron chi connectivity index (χ3n) is 5.27. The number of amides is 1. The second kappa shape index (κ2) is 5.63. The van der Waals surface area contributed by atoms with E-state index in [4.69, 9.17) is 4.74 Å². The van der Waals surface area contributed by atoms with Crippen LogP contribution in [0.3, 0.4) is 0 Å². The van der Waals surface area contributed by atoms with Gasteiger partial charge in [-0.05, 0) is 31.2 Å². The van der Waals surface area contributed by atoms with Crippen LogP contribution in [0.5, 0.6) is 0 Å². The zero-order valence-electron chi connectivity index (χ0n) is 14.1. The van der Waals surface area contributed by atoms with Crippen molar-refractivity contribution in [1.82, 2.24) is 10.3 Å². The van der Waals surface area contributed by atoms with Crippen molar-refractivity contribution >= 4 is 22.8 Å². The molecule has 0 spiro atoms. The summed E-state index contributed by atoms with van der Waals surface area (Å²) in [5.74, 6) is -1.41. The van der Waals surface area contributed by atoms with Gasteiger partial charge >= 0.3 is 5.97 Å². The van der Waals surface area contributed by atoms with Crippen LogP contribution in [-0.2, 0) is 9.53 Å². The first kappa shape index (κ1) is 16.5. The van der Waals surface area contributed by atoms with Gasteiger partial charge in [0.15, 0.2) is 0 Å². The molecular formula is C18H22N2O4. The Bertz CT molecular complexity index is 795. The number of aliphatic carboxylic acids is 1. The molecule has 3 rings (SSSR count). The molecule has 1 heterocycles. The van der Waals surface area contributed by atoms with Crippen LogP contribution in [0.4, 0.5) is 0 Å². The summed E-state index contributed by atoms with van der Waals surface area (Å²) in [7, 11) is 0. The minimum atomic E-state index is -1.32. The van der Waals surface area contributed by atoms with Gasteiger partial charge in [-0.3, -0.25) is 4.79 Å². The molecule has 1 saturated carbocycles. The monoisotopic (exact) mass is 330 g/mol. The number of benzene rings is 1. The van der Waals surface area contributed by atoms with Crippen LogP contribution in [0.1, 0.15) is 37.6 Å². The summed E-state index contributed by atoms with van der Waals surface area (Å²) in [6.07, 6.45) is 1.87. The molecule has 0 unspecified atom stereocenters. The van der Waals surface area contributed by atoms with Crippen LogP contribution >= 0.6 is 0 Å². The van der Waals surface area contributed by atoms with Crippen molar-refractivity contribution in [2.24, 2.45) is 5.41 Å². The van der Waals surface area contributed by atoms with E-state index in [0.29, 0.717) is 12.2 Å². The Hall–Kier alpha value is -2.34. The quantitative estimate of drug-likeness (QED) is 0.786. The molecule has 0 radical (unpaired) electrons. The summed E-state index contributed by atoms with van der Waals surface area (Å²) >= 11 is 0. The molecular weight excluding hydrogens is 308 g/mol. The highest BCUT2D eigenvalue weighted by atomic mass is 16.5. The lowest BCUT2D eigenvalue weighted by Gasteiger charge is -2.58. The number of hydrogen-bond acceptors (Lipinski definition) is 3. The van der Waals surface area contributed by atoms with E-state index >= 15 is 0 Å². The molecule has 1 amide bonds. The Morgan fingerprint density at radius 3 is 2.75 bits per heavy atom. The summed E-state index contributed by atoms with van der Waals surface area (Å²) < 4.78 is 5.61. The molecule has 128 valence electrons. The second-order valence-electron chi connectivity index (χ2n) is 6.81. The third-order valence-corrected chi connectivity index (χ3v) is 5.27. The van der Waals surface area contributed by atoms with Gasteiger partial charge in [-0.25, -0.2) is 4.79 Å². The maximum atomic E-state index is 12.6. The van der Waals surface area contributed by atoms with E-state index in [2.05, 4.69) is 10.3 Å². The fraction of sp³-hybridized carbons (Fsp3) is 0.444. The summed E-state index contributed by atoms with van der Waals surface area (Å²) in [6, 6.07) is 7.13. The number of fused-ring (bicyclic) bond motifs is 1. The molecule has 1 aromatic carbocycles. The smallest absolute Gasteiger partial charge is 0.330 e. The van der Waals surface area contributed by atoms with Crippen LogP contribution < -0.4 is 5.32 Å². The Morgan fingerprint density at radius 1 is 1.38 bits per heavy atom. The van der Waals surface area contributed by atoms with Crippen LogP contribution in [-0.4, -0.2) is 40.2 Å². The lowest BCUT2D eigenvalue weighted by molar-refractivity contribution is -0.190. The molecule has 0 aliphatic heterocycles. The predicted molar refractivity (Wildman–Crippen MR) is 89.9 cm³/mol. The van der Waals surface area contributed by atoms with E-state index in [1.165, 1.54) is 0 Å². The number of nitrogens with one attached hydrogen (secondary N) is 2. The average molecular weight is 330 g/mol. The van der Waals surface area contributed by atoms with E-state index in [1.807, 2.05) is 32.9 Å². The molecule has 1 aromatic heterocycles. The van der Waals surface area contributed by atoms with E-state index in [0.717, 1.165) is 10.9 Å². The zero-order chi connectivity index (χ0) is 17.5. The number of carbonyl (C=O) groups is 2. The topological polar surface area (TPSA) is 91.4 Å². The van der Waals surface area contributed by atoms with Gasteiger partial charge in [0, 0.05) is 41.1 Å². The summed E-state index contributed by atoms with van der Waals surface area (Å²) in [5, 5.41) is 13.4. The first-order valence-electron chi connectivity index (χ1n) is 8.06. The number of hydrogen-bond donors (Lipinski definition) is 3. The van der Waals surface area contributed by atoms with Gasteiger partial charge in [-0.15, -0.1) is 0 Å². The number of rotatable bonds is 5. The molecule has 2 aromatic rings. The molecule has 1 aliphatic rings. The largest absolute Gasteiger partial charge is 0.479 e. The number of aromatic nitrogens is 1. The summed E-state index contributed by atoms with van der Waals surface area (Å²) in [4.78, 5) is 27.6. The number of aromatic amines is 1. The number of carboxylic acids is 1. The molecule has 1 aliphatic carbocycles. The lowest BCUT2D eigenvalue weighted by Crippen LogP contribution is -2.76. The summed E-state index contributed by atoms with van der Waals surface area (Å²) in [5.41, 5.74) is -0.641. The standard InChI is InChI=1S/C18H22N2O4/c1-4-24-14-10-18(16(22)23,17(14,2)3)20-15(21)12-5-6-13-11(9-12)7-8-19-13/h5-9,14,19H,4,10H2,1-3H3,(H,20,21)(H,22,23)/t14-,18+/m0/s1. The first-order valence-corrected chi connectivity index (χ1v) is 8.06. The van der Waals surface area contributed by atoms with Gasteiger partial charge in [0.25, 0.3) is 5.91 Å². The number of carbonyl (C=O) groups excluding carboxylic acids is 1. The Morgan fingerprint density at radius 2 is 2.12 bits per heavy atom. The van der Waals surface area contributed by atoms with Gasteiger partial charge in [0.2, 0.25) is 0 Å². The molecule has 3 N–H and O–H groups in total. The van der Waals surface area contributed by atoms with Crippen LogP contribution in [0.2, 0.25) is 0 Å². The van der Waals surface area contributed by atoms with Crippen molar-refractivity contribution in [3.8, 4) is 0 Å².